The number of piperidine rings is 1. The lowest BCUT2D eigenvalue weighted by molar-refractivity contribution is 0.00694. The minimum atomic E-state index is -0.542. The van der Waals surface area contributed by atoms with Crippen molar-refractivity contribution in [1.82, 2.24) is 19.4 Å². The van der Waals surface area contributed by atoms with Gasteiger partial charge in [0.05, 0.1) is 5.56 Å². The van der Waals surface area contributed by atoms with Gasteiger partial charge in [-0.25, -0.2) is 9.78 Å². The molecular formula is C28H35N5O3. The fourth-order valence-electron chi connectivity index (χ4n) is 5.18. The number of fused-ring (bicyclic) bond motifs is 1. The maximum absolute atomic E-state index is 13.5. The van der Waals surface area contributed by atoms with Gasteiger partial charge in [0.25, 0.3) is 5.91 Å². The molecule has 0 spiro atoms. The van der Waals surface area contributed by atoms with Gasteiger partial charge in [0.1, 0.15) is 16.9 Å². The minimum Gasteiger partial charge on any atom is -0.456 e. The van der Waals surface area contributed by atoms with Crippen LogP contribution in [-0.4, -0.2) is 50.0 Å². The quantitative estimate of drug-likeness (QED) is 0.451. The summed E-state index contributed by atoms with van der Waals surface area (Å²) in [5.74, 6) is 0.209. The predicted octanol–water partition coefficient (Wildman–Crippen LogP) is 5.87. The number of carbonyl (C=O) groups is 2. The third-order valence-electron chi connectivity index (χ3n) is 6.90. The first-order chi connectivity index (χ1) is 17.3. The smallest absolute Gasteiger partial charge is 0.338 e. The Bertz CT molecular complexity index is 1250. The largest absolute Gasteiger partial charge is 0.456 e. The summed E-state index contributed by atoms with van der Waals surface area (Å²) in [5.41, 5.74) is 2.24. The van der Waals surface area contributed by atoms with E-state index in [-0.39, 0.29) is 17.9 Å². The molecule has 8 heteroatoms. The van der Waals surface area contributed by atoms with E-state index >= 15 is 0 Å². The number of amides is 1. The van der Waals surface area contributed by atoms with Crippen molar-refractivity contribution in [3.63, 3.8) is 0 Å². The number of aromatic nitrogens is 3. The second kappa shape index (κ2) is 9.91. The van der Waals surface area contributed by atoms with Crippen LogP contribution in [0.1, 0.15) is 92.6 Å². The lowest BCUT2D eigenvalue weighted by Crippen LogP contribution is -2.37. The summed E-state index contributed by atoms with van der Waals surface area (Å²) >= 11 is 0. The van der Waals surface area contributed by atoms with E-state index in [2.05, 4.69) is 14.9 Å². The first-order valence-corrected chi connectivity index (χ1v) is 13.1. The summed E-state index contributed by atoms with van der Waals surface area (Å²) in [6.45, 7) is 7.19. The Hall–Kier alpha value is -3.42. The summed E-state index contributed by atoms with van der Waals surface area (Å²) in [6.07, 6.45) is 9.56. The van der Waals surface area contributed by atoms with Gasteiger partial charge in [0.2, 0.25) is 5.95 Å². The molecule has 2 fully saturated rings. The van der Waals surface area contributed by atoms with Crippen LogP contribution < -0.4 is 5.32 Å². The van der Waals surface area contributed by atoms with Crippen molar-refractivity contribution in [3.8, 4) is 0 Å². The lowest BCUT2D eigenvalue weighted by atomic mass is 10.1. The van der Waals surface area contributed by atoms with E-state index in [1.807, 2.05) is 43.9 Å². The number of esters is 1. The van der Waals surface area contributed by atoms with Gasteiger partial charge in [-0.15, -0.1) is 0 Å². The van der Waals surface area contributed by atoms with Gasteiger partial charge in [-0.2, -0.15) is 4.98 Å². The molecule has 0 unspecified atom stereocenters. The molecule has 0 bridgehead atoms. The number of nitrogens with zero attached hydrogens (tertiary/aromatic N) is 4. The van der Waals surface area contributed by atoms with Gasteiger partial charge in [0, 0.05) is 36.4 Å². The Kier molecular flexibility index (Phi) is 6.69. The van der Waals surface area contributed by atoms with Gasteiger partial charge in [-0.1, -0.05) is 12.8 Å². The van der Waals surface area contributed by atoms with Crippen molar-refractivity contribution in [2.75, 3.05) is 18.4 Å². The van der Waals surface area contributed by atoms with E-state index < -0.39 is 5.60 Å². The van der Waals surface area contributed by atoms with Crippen LogP contribution in [0.4, 0.5) is 11.6 Å². The van der Waals surface area contributed by atoms with Gasteiger partial charge >= 0.3 is 5.97 Å². The molecule has 3 aromatic rings. The molecule has 3 heterocycles. The van der Waals surface area contributed by atoms with Gasteiger partial charge < -0.3 is 19.5 Å². The Labute approximate surface area is 212 Å². The molecule has 8 nitrogen and oxygen atoms in total. The van der Waals surface area contributed by atoms with Crippen molar-refractivity contribution in [2.24, 2.45) is 0 Å². The van der Waals surface area contributed by atoms with Crippen molar-refractivity contribution in [1.29, 1.82) is 0 Å². The van der Waals surface area contributed by atoms with Crippen LogP contribution in [0.5, 0.6) is 0 Å². The van der Waals surface area contributed by atoms with Crippen molar-refractivity contribution in [2.45, 2.75) is 77.4 Å². The number of hydrogen-bond acceptors (Lipinski definition) is 6. The SMILES string of the molecule is CC(C)(C)OC(=O)c1ccc(Nc2ncc3cc(C(=O)N4CCCCC4)n(C4CCCC4)c3n2)cc1. The number of benzene rings is 1. The molecule has 1 aliphatic heterocycles. The number of ether oxygens (including phenoxy) is 1. The second-order valence-corrected chi connectivity index (χ2v) is 10.9. The van der Waals surface area contributed by atoms with E-state index in [9.17, 15) is 9.59 Å². The maximum Gasteiger partial charge on any atom is 0.338 e. The monoisotopic (exact) mass is 489 g/mol. The van der Waals surface area contributed by atoms with Gasteiger partial charge in [-0.3, -0.25) is 4.79 Å². The van der Waals surface area contributed by atoms with Crippen molar-refractivity contribution < 1.29 is 14.3 Å². The fourth-order valence-corrected chi connectivity index (χ4v) is 5.18. The van der Waals surface area contributed by atoms with Crippen molar-refractivity contribution >= 4 is 34.5 Å². The summed E-state index contributed by atoms with van der Waals surface area (Å²) in [7, 11) is 0. The molecule has 1 aromatic carbocycles. The number of anilines is 2. The average molecular weight is 490 g/mol. The summed E-state index contributed by atoms with van der Waals surface area (Å²) in [4.78, 5) is 37.2. The molecule has 1 aliphatic carbocycles. The highest BCUT2D eigenvalue weighted by Gasteiger charge is 2.28. The molecule has 1 N–H and O–H groups in total. The molecule has 1 saturated heterocycles. The number of hydrogen-bond donors (Lipinski definition) is 1. The maximum atomic E-state index is 13.5. The summed E-state index contributed by atoms with van der Waals surface area (Å²) in [5, 5.41) is 4.13. The van der Waals surface area contributed by atoms with Crippen LogP contribution in [0, 0.1) is 0 Å². The Morgan fingerprint density at radius 1 is 1.00 bits per heavy atom. The number of nitrogens with one attached hydrogen (secondary N) is 1. The number of rotatable bonds is 5. The van der Waals surface area contributed by atoms with Crippen LogP contribution >= 0.6 is 0 Å². The molecular weight excluding hydrogens is 454 g/mol. The van der Waals surface area contributed by atoms with Gasteiger partial charge in [0.15, 0.2) is 0 Å². The molecule has 1 amide bonds. The molecule has 1 saturated carbocycles. The highest BCUT2D eigenvalue weighted by molar-refractivity contribution is 5.98. The normalized spacial score (nSPS) is 16.9. The molecule has 0 atom stereocenters. The highest BCUT2D eigenvalue weighted by Crippen LogP contribution is 2.35. The van der Waals surface area contributed by atoms with E-state index in [1.54, 1.807) is 18.3 Å². The van der Waals surface area contributed by atoms with E-state index in [1.165, 1.54) is 19.3 Å². The Morgan fingerprint density at radius 3 is 2.36 bits per heavy atom. The van der Waals surface area contributed by atoms with E-state index in [0.717, 1.165) is 61.2 Å². The molecule has 190 valence electrons. The average Bonchev–Trinajstić information content (AvgIpc) is 3.51. The zero-order valence-corrected chi connectivity index (χ0v) is 21.4. The third-order valence-corrected chi connectivity index (χ3v) is 6.90. The molecule has 0 radical (unpaired) electrons. The first kappa shape index (κ1) is 24.3. The Morgan fingerprint density at radius 2 is 1.69 bits per heavy atom. The standard InChI is InChI=1S/C28H35N5O3/c1-28(2,3)36-26(35)19-11-13-21(14-12-19)30-27-29-18-20-17-23(25(34)32-15-7-4-8-16-32)33(24(20)31-27)22-9-5-6-10-22/h11-14,17-18,22H,4-10,15-16H2,1-3H3,(H,29,30,31). The zero-order valence-electron chi connectivity index (χ0n) is 21.4. The predicted molar refractivity (Wildman–Crippen MR) is 140 cm³/mol. The highest BCUT2D eigenvalue weighted by atomic mass is 16.6. The molecule has 36 heavy (non-hydrogen) atoms. The molecule has 2 aliphatic rings. The minimum absolute atomic E-state index is 0.104. The first-order valence-electron chi connectivity index (χ1n) is 13.1. The molecule has 5 rings (SSSR count). The zero-order chi connectivity index (χ0) is 25.3. The van der Waals surface area contributed by atoms with Crippen molar-refractivity contribution in [3.05, 3.63) is 47.8 Å². The van der Waals surface area contributed by atoms with Gasteiger partial charge in [-0.05, 0) is 83.2 Å². The molecule has 2 aromatic heterocycles. The van der Waals surface area contributed by atoms with Crippen LogP contribution in [-0.2, 0) is 4.74 Å². The van der Waals surface area contributed by atoms with Crippen LogP contribution in [0.2, 0.25) is 0 Å². The van der Waals surface area contributed by atoms with E-state index in [0.29, 0.717) is 11.5 Å². The van der Waals surface area contributed by atoms with Crippen LogP contribution in [0.15, 0.2) is 36.5 Å². The lowest BCUT2D eigenvalue weighted by Gasteiger charge is -2.28. The van der Waals surface area contributed by atoms with E-state index in [4.69, 9.17) is 9.72 Å². The topological polar surface area (TPSA) is 89.3 Å². The Balaban J connectivity index is 1.42. The fraction of sp³-hybridized carbons (Fsp3) is 0.500. The number of carbonyl (C=O) groups excluding carboxylic acids is 2. The second-order valence-electron chi connectivity index (χ2n) is 10.9. The van der Waals surface area contributed by atoms with Crippen LogP contribution in [0.3, 0.4) is 0 Å². The summed E-state index contributed by atoms with van der Waals surface area (Å²) < 4.78 is 7.60. The summed E-state index contributed by atoms with van der Waals surface area (Å²) in [6, 6.07) is 9.32. The number of likely N-dealkylation sites (tertiary alicyclic amines) is 1. The third kappa shape index (κ3) is 5.22. The van der Waals surface area contributed by atoms with Crippen LogP contribution in [0.25, 0.3) is 11.0 Å².